The first-order valence-electron chi connectivity index (χ1n) is 32.8. The van der Waals surface area contributed by atoms with Crippen molar-refractivity contribution in [1.29, 1.82) is 0 Å². The van der Waals surface area contributed by atoms with Crippen LogP contribution in [-0.2, 0) is 28.6 Å². The number of hydrogen-bond acceptors (Lipinski definition) is 6. The highest BCUT2D eigenvalue weighted by molar-refractivity contribution is 5.71. The van der Waals surface area contributed by atoms with E-state index in [1.807, 2.05) is 0 Å². The molecular weight excluding hydrogens is 925 g/mol. The van der Waals surface area contributed by atoms with Crippen LogP contribution in [0, 0.1) is 0 Å². The molecule has 0 saturated heterocycles. The molecule has 0 aromatic heterocycles. The van der Waals surface area contributed by atoms with Gasteiger partial charge in [0.1, 0.15) is 13.2 Å². The average molecular weight is 1050 g/mol. The second kappa shape index (κ2) is 63.6. The lowest BCUT2D eigenvalue weighted by molar-refractivity contribution is -0.167. The molecule has 0 spiro atoms. The number of ether oxygens (including phenoxy) is 3. The maximum absolute atomic E-state index is 12.9. The van der Waals surface area contributed by atoms with Gasteiger partial charge in [-0.25, -0.2) is 0 Å². The summed E-state index contributed by atoms with van der Waals surface area (Å²) in [5.41, 5.74) is 0. The monoisotopic (exact) mass is 1050 g/mol. The molecule has 75 heavy (non-hydrogen) atoms. The Morgan fingerprint density at radius 1 is 0.267 bits per heavy atom. The maximum Gasteiger partial charge on any atom is 0.306 e. The summed E-state index contributed by atoms with van der Waals surface area (Å²) in [5, 5.41) is 0. The second-order valence-corrected chi connectivity index (χ2v) is 22.0. The number of carbonyl (C=O) groups is 3. The zero-order chi connectivity index (χ0) is 54.3. The quantitative estimate of drug-likeness (QED) is 0.0261. The molecule has 0 N–H and O–H groups in total. The molecule has 0 radical (unpaired) electrons. The highest BCUT2D eigenvalue weighted by atomic mass is 16.6. The fourth-order valence-corrected chi connectivity index (χ4v) is 9.50. The molecule has 0 rings (SSSR count). The van der Waals surface area contributed by atoms with Crippen molar-refractivity contribution in [3.05, 3.63) is 60.8 Å². The fourth-order valence-electron chi connectivity index (χ4n) is 9.50. The normalized spacial score (nSPS) is 12.4. The van der Waals surface area contributed by atoms with E-state index in [0.717, 1.165) is 77.0 Å². The molecule has 0 fully saturated rings. The number of hydrogen-bond donors (Lipinski definition) is 0. The molecule has 0 aromatic rings. The Morgan fingerprint density at radius 2 is 0.480 bits per heavy atom. The molecule has 0 aromatic carbocycles. The Labute approximate surface area is 466 Å². The summed E-state index contributed by atoms with van der Waals surface area (Å²) >= 11 is 0. The Morgan fingerprint density at radius 3 is 0.760 bits per heavy atom. The van der Waals surface area contributed by atoms with Gasteiger partial charge < -0.3 is 14.2 Å². The SMILES string of the molecule is CCCCCCC/C=C\C/C=C\C/C=C\CCCCCCCCCCC(=O)OCC(COC(=O)CCCCCCCCC/C=C\CCCCCCCC)OC(=O)CCCCCCCCC/C=C\CCCCCCCC. The molecular formula is C69H124O6. The van der Waals surface area contributed by atoms with Crippen LogP contribution in [0.3, 0.4) is 0 Å². The van der Waals surface area contributed by atoms with Crippen LogP contribution in [0.25, 0.3) is 0 Å². The average Bonchev–Trinajstić information content (AvgIpc) is 3.41. The first-order chi connectivity index (χ1) is 37.0. The summed E-state index contributed by atoms with van der Waals surface area (Å²) in [6, 6.07) is 0. The van der Waals surface area contributed by atoms with E-state index < -0.39 is 6.10 Å². The van der Waals surface area contributed by atoms with Gasteiger partial charge in [-0.1, -0.05) is 274 Å². The topological polar surface area (TPSA) is 78.9 Å². The summed E-state index contributed by atoms with van der Waals surface area (Å²) in [6.45, 7) is 6.65. The number of esters is 3. The van der Waals surface area contributed by atoms with Gasteiger partial charge in [0.25, 0.3) is 0 Å². The van der Waals surface area contributed by atoms with E-state index in [2.05, 4.69) is 81.5 Å². The van der Waals surface area contributed by atoms with Crippen molar-refractivity contribution >= 4 is 17.9 Å². The molecule has 0 aliphatic rings. The third-order valence-corrected chi connectivity index (χ3v) is 14.5. The molecule has 1 unspecified atom stereocenters. The van der Waals surface area contributed by atoms with Crippen LogP contribution < -0.4 is 0 Å². The first-order valence-corrected chi connectivity index (χ1v) is 32.8. The molecule has 6 heteroatoms. The molecule has 0 bridgehead atoms. The van der Waals surface area contributed by atoms with Gasteiger partial charge in [0, 0.05) is 19.3 Å². The largest absolute Gasteiger partial charge is 0.462 e. The Kier molecular flexibility index (Phi) is 61.2. The summed E-state index contributed by atoms with van der Waals surface area (Å²) in [5.74, 6) is -0.877. The summed E-state index contributed by atoms with van der Waals surface area (Å²) in [6.07, 6.45) is 80.8. The summed E-state index contributed by atoms with van der Waals surface area (Å²) in [7, 11) is 0. The van der Waals surface area contributed by atoms with Crippen molar-refractivity contribution < 1.29 is 28.6 Å². The number of rotatable bonds is 60. The molecule has 436 valence electrons. The van der Waals surface area contributed by atoms with Gasteiger partial charge in [0.05, 0.1) is 0 Å². The van der Waals surface area contributed by atoms with Crippen LogP contribution >= 0.6 is 0 Å². The Hall–Kier alpha value is -2.89. The fraction of sp³-hybridized carbons (Fsp3) is 0.812. The van der Waals surface area contributed by atoms with Crippen LogP contribution in [0.1, 0.15) is 342 Å². The van der Waals surface area contributed by atoms with E-state index in [0.29, 0.717) is 19.3 Å². The van der Waals surface area contributed by atoms with Gasteiger partial charge in [-0.15, -0.1) is 0 Å². The lowest BCUT2D eigenvalue weighted by Crippen LogP contribution is -2.30. The van der Waals surface area contributed by atoms with E-state index in [9.17, 15) is 14.4 Å². The lowest BCUT2D eigenvalue weighted by Gasteiger charge is -2.18. The van der Waals surface area contributed by atoms with Crippen molar-refractivity contribution in [1.82, 2.24) is 0 Å². The highest BCUT2D eigenvalue weighted by Gasteiger charge is 2.19. The van der Waals surface area contributed by atoms with Gasteiger partial charge in [-0.05, 0) is 109 Å². The van der Waals surface area contributed by atoms with Crippen molar-refractivity contribution in [2.75, 3.05) is 13.2 Å². The van der Waals surface area contributed by atoms with Crippen molar-refractivity contribution in [3.8, 4) is 0 Å². The van der Waals surface area contributed by atoms with Crippen molar-refractivity contribution in [2.45, 2.75) is 348 Å². The zero-order valence-corrected chi connectivity index (χ0v) is 50.1. The van der Waals surface area contributed by atoms with E-state index in [-0.39, 0.29) is 31.1 Å². The number of allylic oxidation sites excluding steroid dienone is 10. The molecule has 0 heterocycles. The summed E-state index contributed by atoms with van der Waals surface area (Å²) in [4.78, 5) is 38.4. The lowest BCUT2D eigenvalue weighted by atomic mass is 10.1. The Balaban J connectivity index is 4.36. The Bertz CT molecular complexity index is 1340. The third kappa shape index (κ3) is 61.8. The second-order valence-electron chi connectivity index (χ2n) is 22.0. The minimum absolute atomic E-state index is 0.0788. The van der Waals surface area contributed by atoms with Crippen LogP contribution in [-0.4, -0.2) is 37.2 Å². The predicted octanol–water partition coefficient (Wildman–Crippen LogP) is 22.3. The van der Waals surface area contributed by atoms with Crippen LogP contribution in [0.5, 0.6) is 0 Å². The third-order valence-electron chi connectivity index (χ3n) is 14.5. The van der Waals surface area contributed by atoms with Gasteiger partial charge in [-0.3, -0.25) is 14.4 Å². The standard InChI is InChI=1S/C69H124O6/c1-4-7-10-13-16-19-22-25-28-31-32-33-34-35-36-39-41-44-47-50-53-56-59-62-68(71)74-65-66(75-69(72)63-60-57-54-51-48-45-42-38-30-27-24-21-18-15-12-9-6-3)64-73-67(70)61-58-55-52-49-46-43-40-37-29-26-23-20-17-14-11-8-5-2/h22,25-27,29-32,34-35,66H,4-21,23-24,28,33,36-65H2,1-3H3/b25-22-,29-26-,30-27-,32-31-,35-34-. The van der Waals surface area contributed by atoms with Gasteiger partial charge >= 0.3 is 17.9 Å². The molecule has 0 aliphatic heterocycles. The van der Waals surface area contributed by atoms with Crippen molar-refractivity contribution in [3.63, 3.8) is 0 Å². The molecule has 0 amide bonds. The van der Waals surface area contributed by atoms with Crippen LogP contribution in [0.4, 0.5) is 0 Å². The van der Waals surface area contributed by atoms with E-state index in [1.165, 1.54) is 225 Å². The van der Waals surface area contributed by atoms with E-state index >= 15 is 0 Å². The molecule has 0 saturated carbocycles. The van der Waals surface area contributed by atoms with Crippen molar-refractivity contribution in [2.24, 2.45) is 0 Å². The number of unbranched alkanes of at least 4 members (excludes halogenated alkanes) is 39. The zero-order valence-electron chi connectivity index (χ0n) is 50.1. The smallest absolute Gasteiger partial charge is 0.306 e. The maximum atomic E-state index is 12.9. The number of carbonyl (C=O) groups excluding carboxylic acids is 3. The molecule has 1 atom stereocenters. The van der Waals surface area contributed by atoms with E-state index in [1.54, 1.807) is 0 Å². The van der Waals surface area contributed by atoms with Gasteiger partial charge in [0.15, 0.2) is 6.10 Å². The van der Waals surface area contributed by atoms with Crippen LogP contribution in [0.15, 0.2) is 60.8 Å². The minimum Gasteiger partial charge on any atom is -0.462 e. The molecule has 0 aliphatic carbocycles. The van der Waals surface area contributed by atoms with E-state index in [4.69, 9.17) is 14.2 Å². The van der Waals surface area contributed by atoms with Gasteiger partial charge in [-0.2, -0.15) is 0 Å². The minimum atomic E-state index is -0.782. The summed E-state index contributed by atoms with van der Waals surface area (Å²) < 4.78 is 16.9. The molecule has 6 nitrogen and oxygen atoms in total. The first kappa shape index (κ1) is 72.1. The van der Waals surface area contributed by atoms with Gasteiger partial charge in [0.2, 0.25) is 0 Å². The van der Waals surface area contributed by atoms with Crippen LogP contribution in [0.2, 0.25) is 0 Å². The predicted molar refractivity (Wildman–Crippen MR) is 325 cm³/mol. The highest BCUT2D eigenvalue weighted by Crippen LogP contribution is 2.16.